The van der Waals surface area contributed by atoms with Crippen molar-refractivity contribution in [3.8, 4) is 0 Å². The molecule has 0 aliphatic carbocycles. The van der Waals surface area contributed by atoms with Crippen LogP contribution in [0.4, 0.5) is 24.7 Å². The first-order valence-electron chi connectivity index (χ1n) is 11.8. The second kappa shape index (κ2) is 11.7. The quantitative estimate of drug-likeness (QED) is 0.656. The maximum Gasteiger partial charge on any atom is 0.417 e. The van der Waals surface area contributed by atoms with Crippen LogP contribution < -0.4 is 10.2 Å². The van der Waals surface area contributed by atoms with Gasteiger partial charge in [0.1, 0.15) is 5.82 Å². The number of halogens is 3. The molecule has 1 N–H and O–H groups in total. The van der Waals surface area contributed by atoms with E-state index < -0.39 is 11.7 Å². The molecule has 0 spiro atoms. The summed E-state index contributed by atoms with van der Waals surface area (Å²) in [7, 11) is 0. The van der Waals surface area contributed by atoms with Gasteiger partial charge >= 0.3 is 6.18 Å². The Morgan fingerprint density at radius 3 is 2.29 bits per heavy atom. The molecule has 0 bridgehead atoms. The molecule has 2 aliphatic rings. The summed E-state index contributed by atoms with van der Waals surface area (Å²) in [5.74, 6) is 0.592. The van der Waals surface area contributed by atoms with E-state index in [9.17, 15) is 18.0 Å². The number of nitrogens with one attached hydrogen (secondary N) is 1. The molecule has 2 saturated heterocycles. The van der Waals surface area contributed by atoms with Crippen LogP contribution in [0.15, 0.2) is 36.7 Å². The fourth-order valence-corrected chi connectivity index (χ4v) is 4.42. The molecule has 10 heteroatoms. The number of amides is 1. The standard InChI is InChI=1S/C24H31F3N6O.CH4/c1-18-2-4-21(17-28-18)32-14-12-31(13-15-32)9-8-23(34)33-10-6-20(7-11-33)30-22-5-3-19(16-29-22)24(25,26)27;/h2-5,16-17,20H,6-15H2,1H3,(H,29,30);1H4. The molecule has 0 unspecified atom stereocenters. The fraction of sp³-hybridized carbons (Fsp3) is 0.560. The Labute approximate surface area is 205 Å². The summed E-state index contributed by atoms with van der Waals surface area (Å²) in [4.78, 5) is 27.5. The number of rotatable bonds is 6. The number of piperidine rings is 1. The number of nitrogens with zero attached hydrogens (tertiary/aromatic N) is 5. The van der Waals surface area contributed by atoms with Crippen molar-refractivity contribution in [1.82, 2.24) is 19.8 Å². The topological polar surface area (TPSA) is 64.6 Å². The minimum absolute atomic E-state index is 0. The lowest BCUT2D eigenvalue weighted by Gasteiger charge is -2.36. The predicted octanol–water partition coefficient (Wildman–Crippen LogP) is 4.06. The van der Waals surface area contributed by atoms with Gasteiger partial charge in [-0.15, -0.1) is 0 Å². The van der Waals surface area contributed by atoms with Gasteiger partial charge in [0.25, 0.3) is 0 Å². The van der Waals surface area contributed by atoms with E-state index in [0.717, 1.165) is 69.2 Å². The van der Waals surface area contributed by atoms with Gasteiger partial charge < -0.3 is 15.1 Å². The van der Waals surface area contributed by atoms with Crippen molar-refractivity contribution in [1.29, 1.82) is 0 Å². The second-order valence-corrected chi connectivity index (χ2v) is 8.97. The lowest BCUT2D eigenvalue weighted by Crippen LogP contribution is -2.48. The van der Waals surface area contributed by atoms with E-state index in [2.05, 4.69) is 31.2 Å². The molecule has 192 valence electrons. The van der Waals surface area contributed by atoms with E-state index in [-0.39, 0.29) is 19.4 Å². The molecule has 2 aromatic heterocycles. The normalized spacial score (nSPS) is 17.7. The number of carbonyl (C=O) groups excluding carboxylic acids is 1. The van der Waals surface area contributed by atoms with Crippen LogP contribution >= 0.6 is 0 Å². The average Bonchev–Trinajstić information content (AvgIpc) is 2.84. The van der Waals surface area contributed by atoms with Crippen LogP contribution in [0.3, 0.4) is 0 Å². The minimum Gasteiger partial charge on any atom is -0.368 e. The summed E-state index contributed by atoms with van der Waals surface area (Å²) in [6.45, 7) is 7.72. The van der Waals surface area contributed by atoms with Gasteiger partial charge in [-0.2, -0.15) is 13.2 Å². The molecule has 35 heavy (non-hydrogen) atoms. The van der Waals surface area contributed by atoms with Gasteiger partial charge in [0.05, 0.1) is 17.4 Å². The number of aryl methyl sites for hydroxylation is 1. The monoisotopic (exact) mass is 492 g/mol. The van der Waals surface area contributed by atoms with Crippen molar-refractivity contribution >= 4 is 17.4 Å². The highest BCUT2D eigenvalue weighted by Gasteiger charge is 2.31. The van der Waals surface area contributed by atoms with Gasteiger partial charge in [0, 0.05) is 70.2 Å². The highest BCUT2D eigenvalue weighted by Crippen LogP contribution is 2.29. The molecule has 0 aromatic carbocycles. The van der Waals surface area contributed by atoms with Crippen LogP contribution in [0.1, 0.15) is 37.9 Å². The maximum atomic E-state index is 12.7. The zero-order chi connectivity index (χ0) is 24.1. The van der Waals surface area contributed by atoms with Crippen LogP contribution in [0.2, 0.25) is 0 Å². The Kier molecular flexibility index (Phi) is 8.93. The molecule has 2 aromatic rings. The SMILES string of the molecule is C.Cc1ccc(N2CCN(CCC(=O)N3CCC(Nc4ccc(C(F)(F)F)cn4)CC3)CC2)cn1. The number of aromatic nitrogens is 2. The van der Waals surface area contributed by atoms with Crippen LogP contribution in [0.5, 0.6) is 0 Å². The summed E-state index contributed by atoms with van der Waals surface area (Å²) in [5, 5.41) is 3.19. The van der Waals surface area contributed by atoms with Gasteiger partial charge in [-0.05, 0) is 44.0 Å². The lowest BCUT2D eigenvalue weighted by atomic mass is 10.0. The molecular formula is C25H35F3N6O. The molecular weight excluding hydrogens is 457 g/mol. The first-order chi connectivity index (χ1) is 16.3. The van der Waals surface area contributed by atoms with E-state index in [1.165, 1.54) is 6.07 Å². The highest BCUT2D eigenvalue weighted by atomic mass is 19.4. The third-order valence-corrected chi connectivity index (χ3v) is 6.57. The van der Waals surface area contributed by atoms with Crippen LogP contribution in [0.25, 0.3) is 0 Å². The molecule has 4 heterocycles. The van der Waals surface area contributed by atoms with Crippen molar-refractivity contribution < 1.29 is 18.0 Å². The number of hydrogen-bond acceptors (Lipinski definition) is 6. The summed E-state index contributed by atoms with van der Waals surface area (Å²) in [6.07, 6.45) is 0.378. The van der Waals surface area contributed by atoms with E-state index in [4.69, 9.17) is 0 Å². The van der Waals surface area contributed by atoms with E-state index >= 15 is 0 Å². The number of piperazine rings is 1. The summed E-state index contributed by atoms with van der Waals surface area (Å²) >= 11 is 0. The molecule has 1 amide bonds. The Morgan fingerprint density at radius 2 is 1.71 bits per heavy atom. The summed E-state index contributed by atoms with van der Waals surface area (Å²) < 4.78 is 38.0. The average molecular weight is 493 g/mol. The van der Waals surface area contributed by atoms with Crippen LogP contribution in [-0.4, -0.2) is 77.5 Å². The lowest BCUT2D eigenvalue weighted by molar-refractivity contribution is -0.137. The van der Waals surface area contributed by atoms with E-state index in [1.807, 2.05) is 24.1 Å². The Morgan fingerprint density at radius 1 is 1.00 bits per heavy atom. The smallest absolute Gasteiger partial charge is 0.368 e. The zero-order valence-corrected chi connectivity index (χ0v) is 19.4. The third-order valence-electron chi connectivity index (χ3n) is 6.57. The Balaban J connectivity index is 0.00000342. The largest absolute Gasteiger partial charge is 0.417 e. The molecule has 2 fully saturated rings. The molecule has 4 rings (SSSR count). The summed E-state index contributed by atoms with van der Waals surface area (Å²) in [6, 6.07) is 6.62. The third kappa shape index (κ3) is 7.30. The van der Waals surface area contributed by atoms with Crippen molar-refractivity contribution in [2.75, 3.05) is 56.0 Å². The van der Waals surface area contributed by atoms with Crippen LogP contribution in [-0.2, 0) is 11.0 Å². The van der Waals surface area contributed by atoms with Gasteiger partial charge in [-0.25, -0.2) is 4.98 Å². The first kappa shape index (κ1) is 26.7. The van der Waals surface area contributed by atoms with Gasteiger partial charge in [0.15, 0.2) is 0 Å². The fourth-order valence-electron chi connectivity index (χ4n) is 4.42. The number of anilines is 2. The number of pyridine rings is 2. The number of likely N-dealkylation sites (tertiary alicyclic amines) is 1. The van der Waals surface area contributed by atoms with Crippen LogP contribution in [0, 0.1) is 6.92 Å². The Hall–Kier alpha value is -2.88. The number of alkyl halides is 3. The van der Waals surface area contributed by atoms with Crippen molar-refractivity contribution in [3.05, 3.63) is 47.9 Å². The molecule has 7 nitrogen and oxygen atoms in total. The molecule has 2 aliphatic heterocycles. The van der Waals surface area contributed by atoms with E-state index in [0.29, 0.717) is 25.3 Å². The highest BCUT2D eigenvalue weighted by molar-refractivity contribution is 5.76. The van der Waals surface area contributed by atoms with Crippen molar-refractivity contribution in [2.45, 2.75) is 45.8 Å². The maximum absolute atomic E-state index is 12.7. The summed E-state index contributed by atoms with van der Waals surface area (Å²) in [5.41, 5.74) is 1.40. The molecule has 0 atom stereocenters. The van der Waals surface area contributed by atoms with Gasteiger partial charge in [0.2, 0.25) is 5.91 Å². The Bertz CT molecular complexity index is 935. The first-order valence-corrected chi connectivity index (χ1v) is 11.8. The van der Waals surface area contributed by atoms with E-state index in [1.54, 1.807) is 0 Å². The van der Waals surface area contributed by atoms with Gasteiger partial charge in [-0.1, -0.05) is 7.43 Å². The minimum atomic E-state index is -4.39. The zero-order valence-electron chi connectivity index (χ0n) is 19.4. The number of hydrogen-bond donors (Lipinski definition) is 1. The molecule has 0 radical (unpaired) electrons. The second-order valence-electron chi connectivity index (χ2n) is 8.97. The molecule has 0 saturated carbocycles. The van der Waals surface area contributed by atoms with Crippen molar-refractivity contribution in [3.63, 3.8) is 0 Å². The predicted molar refractivity (Wildman–Crippen MR) is 131 cm³/mol. The van der Waals surface area contributed by atoms with Gasteiger partial charge in [-0.3, -0.25) is 14.7 Å². The number of carbonyl (C=O) groups is 1. The van der Waals surface area contributed by atoms with Crippen molar-refractivity contribution in [2.24, 2.45) is 0 Å².